The number of pyridine rings is 1. The summed E-state index contributed by atoms with van der Waals surface area (Å²) in [6, 6.07) is 0. The molecule has 1 aromatic heterocycles. The van der Waals surface area contributed by atoms with E-state index in [1.807, 2.05) is 0 Å². The number of nitrogens with zero attached hydrogens (tertiary/aromatic N) is 2. The number of alkyl halides is 3. The number of halogens is 7. The zero-order chi connectivity index (χ0) is 14.1. The van der Waals surface area contributed by atoms with Gasteiger partial charge in [0.15, 0.2) is 0 Å². The average molecular weight is 276 g/mol. The van der Waals surface area contributed by atoms with Crippen molar-refractivity contribution in [3.63, 3.8) is 0 Å². The molecule has 0 bridgehead atoms. The maximum atomic E-state index is 13.2. The Bertz CT molecular complexity index is 417. The van der Waals surface area contributed by atoms with Crippen molar-refractivity contribution < 1.29 is 30.7 Å². The molecule has 102 valence electrons. The standard InChI is InChI=1S/C9H7F7N2/c1-2-18(3-9(14,15)16)6-4(10)7(12)17-8(13)5(6)11/h2-3H2,1H3. The van der Waals surface area contributed by atoms with Gasteiger partial charge >= 0.3 is 6.18 Å². The van der Waals surface area contributed by atoms with E-state index < -0.39 is 48.5 Å². The molecule has 0 radical (unpaired) electrons. The Labute approximate surface area is 97.0 Å². The third-order valence-electron chi connectivity index (χ3n) is 2.04. The molecule has 0 N–H and O–H groups in total. The van der Waals surface area contributed by atoms with Crippen molar-refractivity contribution in [2.75, 3.05) is 18.0 Å². The molecule has 0 atom stereocenters. The van der Waals surface area contributed by atoms with Gasteiger partial charge in [-0.05, 0) is 6.92 Å². The van der Waals surface area contributed by atoms with Crippen molar-refractivity contribution in [1.82, 2.24) is 4.98 Å². The highest BCUT2D eigenvalue weighted by Gasteiger charge is 2.34. The van der Waals surface area contributed by atoms with E-state index in [-0.39, 0.29) is 4.90 Å². The van der Waals surface area contributed by atoms with E-state index in [1.54, 1.807) is 0 Å². The zero-order valence-corrected chi connectivity index (χ0v) is 8.95. The van der Waals surface area contributed by atoms with Gasteiger partial charge in [0.2, 0.25) is 11.6 Å². The highest BCUT2D eigenvalue weighted by Crippen LogP contribution is 2.28. The van der Waals surface area contributed by atoms with E-state index in [1.165, 1.54) is 0 Å². The van der Waals surface area contributed by atoms with Crippen LogP contribution in [-0.2, 0) is 0 Å². The molecule has 0 unspecified atom stereocenters. The fraction of sp³-hybridized carbons (Fsp3) is 0.444. The summed E-state index contributed by atoms with van der Waals surface area (Å²) in [5, 5.41) is 0. The van der Waals surface area contributed by atoms with E-state index in [9.17, 15) is 30.7 Å². The molecular formula is C9H7F7N2. The van der Waals surface area contributed by atoms with Gasteiger partial charge in [-0.3, -0.25) is 0 Å². The van der Waals surface area contributed by atoms with Gasteiger partial charge in [-0.2, -0.15) is 35.7 Å². The summed E-state index contributed by atoms with van der Waals surface area (Å²) in [6.07, 6.45) is -4.77. The fourth-order valence-corrected chi connectivity index (χ4v) is 1.32. The van der Waals surface area contributed by atoms with E-state index >= 15 is 0 Å². The molecular weight excluding hydrogens is 269 g/mol. The minimum atomic E-state index is -4.77. The van der Waals surface area contributed by atoms with Crippen LogP contribution in [0.4, 0.5) is 36.4 Å². The van der Waals surface area contributed by atoms with Gasteiger partial charge in [0, 0.05) is 6.54 Å². The Balaban J connectivity index is 3.29. The van der Waals surface area contributed by atoms with E-state index in [0.29, 0.717) is 0 Å². The Hall–Kier alpha value is -1.54. The number of hydrogen-bond acceptors (Lipinski definition) is 2. The van der Waals surface area contributed by atoms with E-state index in [0.717, 1.165) is 6.92 Å². The monoisotopic (exact) mass is 276 g/mol. The Morgan fingerprint density at radius 2 is 1.44 bits per heavy atom. The second-order valence-corrected chi connectivity index (χ2v) is 3.30. The van der Waals surface area contributed by atoms with Gasteiger partial charge in [-0.15, -0.1) is 0 Å². The normalized spacial score (nSPS) is 11.8. The van der Waals surface area contributed by atoms with Crippen LogP contribution in [0.1, 0.15) is 6.92 Å². The average Bonchev–Trinajstić information content (AvgIpc) is 2.23. The van der Waals surface area contributed by atoms with Crippen molar-refractivity contribution in [2.24, 2.45) is 0 Å². The molecule has 0 aromatic carbocycles. The first-order valence-corrected chi connectivity index (χ1v) is 4.69. The van der Waals surface area contributed by atoms with Gasteiger partial charge in [-0.1, -0.05) is 0 Å². The first kappa shape index (κ1) is 14.5. The van der Waals surface area contributed by atoms with Crippen LogP contribution in [0.15, 0.2) is 0 Å². The van der Waals surface area contributed by atoms with Crippen LogP contribution in [0.3, 0.4) is 0 Å². The minimum absolute atomic E-state index is 0.137. The van der Waals surface area contributed by atoms with Crippen molar-refractivity contribution >= 4 is 5.69 Å². The predicted octanol–water partition coefficient (Wildman–Crippen LogP) is 3.03. The number of hydrogen-bond donors (Lipinski definition) is 0. The lowest BCUT2D eigenvalue weighted by atomic mass is 10.3. The summed E-state index contributed by atoms with van der Waals surface area (Å²) in [4.78, 5) is 2.39. The van der Waals surface area contributed by atoms with Crippen molar-refractivity contribution in [3.8, 4) is 0 Å². The zero-order valence-electron chi connectivity index (χ0n) is 8.95. The Morgan fingerprint density at radius 1 is 1.00 bits per heavy atom. The SMILES string of the molecule is CCN(CC(F)(F)F)c1c(F)c(F)nc(F)c1F. The van der Waals surface area contributed by atoms with Gasteiger partial charge in [-0.25, -0.2) is 0 Å². The first-order valence-electron chi connectivity index (χ1n) is 4.69. The molecule has 1 aromatic rings. The number of anilines is 1. The largest absolute Gasteiger partial charge is 0.405 e. The Kier molecular flexibility index (Phi) is 4.02. The topological polar surface area (TPSA) is 16.1 Å². The molecule has 0 amide bonds. The molecule has 1 rings (SSSR count). The van der Waals surface area contributed by atoms with E-state index in [2.05, 4.69) is 4.98 Å². The number of rotatable bonds is 3. The lowest BCUT2D eigenvalue weighted by Crippen LogP contribution is -2.35. The van der Waals surface area contributed by atoms with Gasteiger partial charge in [0.25, 0.3) is 11.9 Å². The van der Waals surface area contributed by atoms with Crippen molar-refractivity contribution in [1.29, 1.82) is 0 Å². The van der Waals surface area contributed by atoms with Crippen LogP contribution in [-0.4, -0.2) is 24.2 Å². The summed E-state index contributed by atoms with van der Waals surface area (Å²) in [7, 11) is 0. The summed E-state index contributed by atoms with van der Waals surface area (Å²) >= 11 is 0. The van der Waals surface area contributed by atoms with Gasteiger partial charge in [0.1, 0.15) is 12.2 Å². The van der Waals surface area contributed by atoms with Crippen molar-refractivity contribution in [2.45, 2.75) is 13.1 Å². The molecule has 0 saturated heterocycles. The van der Waals surface area contributed by atoms with Crippen molar-refractivity contribution in [3.05, 3.63) is 23.5 Å². The molecule has 1 heterocycles. The van der Waals surface area contributed by atoms with Crippen LogP contribution in [0, 0.1) is 23.5 Å². The Morgan fingerprint density at radius 3 is 1.78 bits per heavy atom. The van der Waals surface area contributed by atoms with Gasteiger partial charge < -0.3 is 4.90 Å². The van der Waals surface area contributed by atoms with Crippen LogP contribution >= 0.6 is 0 Å². The highest BCUT2D eigenvalue weighted by molar-refractivity contribution is 5.48. The second-order valence-electron chi connectivity index (χ2n) is 3.30. The molecule has 0 saturated carbocycles. The molecule has 18 heavy (non-hydrogen) atoms. The lowest BCUT2D eigenvalue weighted by molar-refractivity contribution is -0.119. The van der Waals surface area contributed by atoms with Crippen LogP contribution in [0.2, 0.25) is 0 Å². The quantitative estimate of drug-likeness (QED) is 0.623. The molecule has 0 aliphatic carbocycles. The molecule has 9 heteroatoms. The van der Waals surface area contributed by atoms with Crippen LogP contribution < -0.4 is 4.90 Å². The smallest absolute Gasteiger partial charge is 0.358 e. The summed E-state index contributed by atoms with van der Waals surface area (Å²) < 4.78 is 88.4. The van der Waals surface area contributed by atoms with E-state index in [4.69, 9.17) is 0 Å². The summed E-state index contributed by atoms with van der Waals surface area (Å²) in [6.45, 7) is -1.07. The molecule has 0 aliphatic rings. The maximum Gasteiger partial charge on any atom is 0.405 e. The molecule has 0 fully saturated rings. The summed E-state index contributed by atoms with van der Waals surface area (Å²) in [5.41, 5.74) is -1.42. The number of aromatic nitrogens is 1. The molecule has 0 aliphatic heterocycles. The first-order chi connectivity index (χ1) is 8.17. The fourth-order valence-electron chi connectivity index (χ4n) is 1.32. The minimum Gasteiger partial charge on any atom is -0.358 e. The highest BCUT2D eigenvalue weighted by atomic mass is 19.4. The third kappa shape index (κ3) is 3.02. The van der Waals surface area contributed by atoms with Gasteiger partial charge in [0.05, 0.1) is 0 Å². The second kappa shape index (κ2) is 4.99. The summed E-state index contributed by atoms with van der Waals surface area (Å²) in [5.74, 6) is -7.91. The molecule has 2 nitrogen and oxygen atoms in total. The third-order valence-corrected chi connectivity index (χ3v) is 2.04. The van der Waals surface area contributed by atoms with Crippen LogP contribution in [0.5, 0.6) is 0 Å². The molecule has 0 spiro atoms. The lowest BCUT2D eigenvalue weighted by Gasteiger charge is -2.25. The van der Waals surface area contributed by atoms with Crippen LogP contribution in [0.25, 0.3) is 0 Å². The maximum absolute atomic E-state index is 13.2. The predicted molar refractivity (Wildman–Crippen MR) is 48.0 cm³/mol.